The molecule has 0 aromatic heterocycles. The van der Waals surface area contributed by atoms with Crippen LogP contribution < -0.4 is 0 Å². The summed E-state index contributed by atoms with van der Waals surface area (Å²) >= 11 is 0. The lowest BCUT2D eigenvalue weighted by atomic mass is 10.3. The van der Waals surface area contributed by atoms with Crippen LogP contribution in [-0.4, -0.2) is 163 Å². The second kappa shape index (κ2) is 19.0. The topological polar surface area (TPSA) is 138 Å². The molecule has 0 aliphatic carbocycles. The summed E-state index contributed by atoms with van der Waals surface area (Å²) in [6.07, 6.45) is 0. The molecule has 0 amide bonds. The van der Waals surface area contributed by atoms with Crippen molar-refractivity contribution in [2.24, 2.45) is 0 Å². The third-order valence-corrected chi connectivity index (χ3v) is 5.05. The van der Waals surface area contributed by atoms with E-state index >= 15 is 0 Å². The molecule has 0 saturated carbocycles. The second-order valence-corrected chi connectivity index (χ2v) is 7.59. The van der Waals surface area contributed by atoms with Crippen molar-refractivity contribution < 1.29 is 43.2 Å². The van der Waals surface area contributed by atoms with Gasteiger partial charge in [0.05, 0.1) is 61.2 Å². The van der Waals surface area contributed by atoms with Crippen molar-refractivity contribution >= 4 is 23.9 Å². The Bertz CT molecular complexity index is 621. The van der Waals surface area contributed by atoms with Gasteiger partial charge in [0.15, 0.2) is 0 Å². The number of rotatable bonds is 19. The number of aliphatic hydroxyl groups is 1. The number of carbonyl (C=O) groups excluding carboxylic acids is 4. The zero-order chi connectivity index (χ0) is 25.9. The molecule has 0 aromatic carbocycles. The van der Waals surface area contributed by atoms with Gasteiger partial charge in [-0.15, -0.1) is 0 Å². The van der Waals surface area contributed by atoms with E-state index in [4.69, 9.17) is 9.47 Å². The van der Waals surface area contributed by atoms with E-state index in [2.05, 4.69) is 9.47 Å². The third kappa shape index (κ3) is 15.5. The fourth-order valence-corrected chi connectivity index (χ4v) is 2.93. The Labute approximate surface area is 201 Å². The Balaban J connectivity index is 5.08. The fraction of sp³-hybridized carbons (Fsp3) is 0.810. The number of methoxy groups -OCH3 is 4. The van der Waals surface area contributed by atoms with Gasteiger partial charge >= 0.3 is 23.9 Å². The quantitative estimate of drug-likeness (QED) is 0.150. The van der Waals surface area contributed by atoms with Crippen LogP contribution in [0, 0.1) is 0 Å². The summed E-state index contributed by atoms with van der Waals surface area (Å²) in [6, 6.07) is 0. The smallest absolute Gasteiger partial charge is 0.319 e. The van der Waals surface area contributed by atoms with E-state index in [1.807, 2.05) is 9.80 Å². The first kappa shape index (κ1) is 31.7. The summed E-state index contributed by atoms with van der Waals surface area (Å²) in [5.41, 5.74) is 0. The lowest BCUT2D eigenvalue weighted by Crippen LogP contribution is -2.46. The molecule has 0 aromatic rings. The highest BCUT2D eigenvalue weighted by atomic mass is 16.5. The number of ether oxygens (including phenoxy) is 4. The number of carbonyl (C=O) groups is 4. The molecule has 0 heterocycles. The molecule has 13 nitrogen and oxygen atoms in total. The van der Waals surface area contributed by atoms with Gasteiger partial charge in [0.25, 0.3) is 0 Å². The van der Waals surface area contributed by atoms with Gasteiger partial charge in [0.2, 0.25) is 0 Å². The Morgan fingerprint density at radius 3 is 1.15 bits per heavy atom. The number of hydrogen-bond acceptors (Lipinski definition) is 13. The Morgan fingerprint density at radius 2 is 0.824 bits per heavy atom. The molecule has 0 saturated heterocycles. The average molecular weight is 493 g/mol. The number of hydrogen-bond donors (Lipinski definition) is 1. The van der Waals surface area contributed by atoms with Crippen LogP contribution in [0.2, 0.25) is 0 Å². The molecule has 0 unspecified atom stereocenters. The van der Waals surface area contributed by atoms with Crippen molar-refractivity contribution in [2.45, 2.75) is 0 Å². The minimum absolute atomic E-state index is 0.0180. The summed E-state index contributed by atoms with van der Waals surface area (Å²) < 4.78 is 18.9. The van der Waals surface area contributed by atoms with Crippen molar-refractivity contribution in [3.05, 3.63) is 0 Å². The maximum absolute atomic E-state index is 11.9. The SMILES string of the molecule is COC(=O)CN(C)CCN(CCN(CCN(CCO)CC(=O)OC)CC(=O)OC)CC(=O)OC. The molecule has 0 spiro atoms. The molecule has 0 atom stereocenters. The Kier molecular flexibility index (Phi) is 17.7. The minimum atomic E-state index is -0.423. The van der Waals surface area contributed by atoms with Crippen molar-refractivity contribution in [2.75, 3.05) is 114 Å². The summed E-state index contributed by atoms with van der Waals surface area (Å²) in [5.74, 6) is -1.60. The summed E-state index contributed by atoms with van der Waals surface area (Å²) in [4.78, 5) is 54.0. The van der Waals surface area contributed by atoms with Gasteiger partial charge in [-0.3, -0.25) is 38.8 Å². The highest BCUT2D eigenvalue weighted by Crippen LogP contribution is 1.99. The largest absolute Gasteiger partial charge is 0.468 e. The van der Waals surface area contributed by atoms with Crippen LogP contribution in [0.25, 0.3) is 0 Å². The minimum Gasteiger partial charge on any atom is -0.468 e. The van der Waals surface area contributed by atoms with E-state index in [0.29, 0.717) is 39.3 Å². The van der Waals surface area contributed by atoms with Crippen molar-refractivity contribution in [1.29, 1.82) is 0 Å². The Hall–Kier alpha value is -2.32. The predicted octanol–water partition coefficient (Wildman–Crippen LogP) is -2.49. The van der Waals surface area contributed by atoms with Crippen molar-refractivity contribution in [3.63, 3.8) is 0 Å². The van der Waals surface area contributed by atoms with E-state index in [0.717, 1.165) is 0 Å². The molecule has 0 aliphatic heterocycles. The van der Waals surface area contributed by atoms with E-state index in [1.165, 1.54) is 28.4 Å². The van der Waals surface area contributed by atoms with E-state index < -0.39 is 17.9 Å². The van der Waals surface area contributed by atoms with Gasteiger partial charge in [-0.05, 0) is 7.05 Å². The second-order valence-electron chi connectivity index (χ2n) is 7.59. The molecule has 13 heteroatoms. The standard InChI is InChI=1S/C21H40N4O9/c1-22(14-18(27)31-2)6-7-23(15-19(28)32-3)8-9-24(16-20(29)33-4)10-11-25(12-13-26)17-21(30)34-5/h26H,6-17H2,1-5H3. The first-order valence-corrected chi connectivity index (χ1v) is 10.9. The highest BCUT2D eigenvalue weighted by molar-refractivity contribution is 5.72. The monoisotopic (exact) mass is 492 g/mol. The van der Waals surface area contributed by atoms with E-state index in [-0.39, 0.29) is 45.3 Å². The summed E-state index contributed by atoms with van der Waals surface area (Å²) in [5, 5.41) is 9.26. The molecule has 1 N–H and O–H groups in total. The first-order chi connectivity index (χ1) is 16.2. The van der Waals surface area contributed by atoms with Crippen LogP contribution >= 0.6 is 0 Å². The lowest BCUT2D eigenvalue weighted by Gasteiger charge is -2.29. The number of esters is 4. The third-order valence-electron chi connectivity index (χ3n) is 5.05. The molecule has 0 fully saturated rings. The molecule has 198 valence electrons. The van der Waals surface area contributed by atoms with E-state index in [9.17, 15) is 24.3 Å². The van der Waals surface area contributed by atoms with Crippen LogP contribution in [-0.2, 0) is 38.1 Å². The fourth-order valence-electron chi connectivity index (χ4n) is 2.93. The predicted molar refractivity (Wildman–Crippen MR) is 122 cm³/mol. The Morgan fingerprint density at radius 1 is 0.529 bits per heavy atom. The maximum Gasteiger partial charge on any atom is 0.319 e. The van der Waals surface area contributed by atoms with Crippen LogP contribution in [0.5, 0.6) is 0 Å². The summed E-state index contributed by atoms with van der Waals surface area (Å²) in [7, 11) is 7.00. The van der Waals surface area contributed by atoms with Gasteiger partial charge in [0.1, 0.15) is 0 Å². The molecular weight excluding hydrogens is 452 g/mol. The number of nitrogens with zero attached hydrogens (tertiary/aromatic N) is 4. The van der Waals surface area contributed by atoms with Gasteiger partial charge in [-0.1, -0.05) is 0 Å². The maximum atomic E-state index is 11.9. The van der Waals surface area contributed by atoms with Crippen LogP contribution in [0.4, 0.5) is 0 Å². The van der Waals surface area contributed by atoms with Crippen LogP contribution in [0.1, 0.15) is 0 Å². The van der Waals surface area contributed by atoms with Crippen molar-refractivity contribution in [1.82, 2.24) is 19.6 Å². The number of aliphatic hydroxyl groups excluding tert-OH is 1. The van der Waals surface area contributed by atoms with Crippen LogP contribution in [0.3, 0.4) is 0 Å². The van der Waals surface area contributed by atoms with Crippen LogP contribution in [0.15, 0.2) is 0 Å². The zero-order valence-electron chi connectivity index (χ0n) is 21.0. The molecule has 0 aliphatic rings. The summed E-state index contributed by atoms with van der Waals surface area (Å²) in [6.45, 7) is 3.05. The van der Waals surface area contributed by atoms with Gasteiger partial charge in [0, 0.05) is 45.8 Å². The molecular formula is C21H40N4O9. The zero-order valence-corrected chi connectivity index (χ0v) is 21.0. The first-order valence-electron chi connectivity index (χ1n) is 10.9. The lowest BCUT2D eigenvalue weighted by molar-refractivity contribution is -0.144. The molecule has 0 rings (SSSR count). The molecule has 0 radical (unpaired) electrons. The molecule has 34 heavy (non-hydrogen) atoms. The normalized spacial score (nSPS) is 11.2. The van der Waals surface area contributed by atoms with Gasteiger partial charge in [-0.2, -0.15) is 0 Å². The van der Waals surface area contributed by atoms with Gasteiger partial charge < -0.3 is 24.1 Å². The van der Waals surface area contributed by atoms with Gasteiger partial charge in [-0.25, -0.2) is 0 Å². The van der Waals surface area contributed by atoms with Crippen molar-refractivity contribution in [3.8, 4) is 0 Å². The highest BCUT2D eigenvalue weighted by Gasteiger charge is 2.18. The molecule has 0 bridgehead atoms. The number of likely N-dealkylation sites (N-methyl/N-ethyl adjacent to an activating group) is 1. The average Bonchev–Trinajstić information content (AvgIpc) is 2.82. The van der Waals surface area contributed by atoms with E-state index in [1.54, 1.807) is 16.8 Å².